The molecule has 3 aromatic rings. The van der Waals surface area contributed by atoms with Gasteiger partial charge in [-0.1, -0.05) is 0 Å². The number of aromatic carboxylic acids is 1. The van der Waals surface area contributed by atoms with Crippen LogP contribution in [0.25, 0.3) is 21.5 Å². The van der Waals surface area contributed by atoms with Crippen LogP contribution >= 0.6 is 11.3 Å². The number of carboxylic acids is 1. The number of aromatic nitrogens is 1. The first-order valence-corrected chi connectivity index (χ1v) is 6.88. The summed E-state index contributed by atoms with van der Waals surface area (Å²) >= 11 is 1.41. The minimum atomic E-state index is -1.32. The number of pyridine rings is 1. The third-order valence-electron chi connectivity index (χ3n) is 3.08. The van der Waals surface area contributed by atoms with E-state index in [0.717, 1.165) is 17.0 Å². The molecular weight excluding hydrogens is 296 g/mol. The summed E-state index contributed by atoms with van der Waals surface area (Å²) in [5.41, 5.74) is -0.239. The average Bonchev–Trinajstić information content (AvgIpc) is 2.88. The van der Waals surface area contributed by atoms with Gasteiger partial charge in [0.15, 0.2) is 0 Å². The number of carbonyl (C=O) groups is 1. The number of benzene rings is 1. The Bertz CT molecular complexity index is 873. The summed E-state index contributed by atoms with van der Waals surface area (Å²) < 4.78 is 27.7. The molecule has 0 unspecified atom stereocenters. The van der Waals surface area contributed by atoms with E-state index >= 15 is 0 Å². The van der Waals surface area contributed by atoms with Crippen LogP contribution in [0.5, 0.6) is 0 Å². The number of fused-ring (bicyclic) bond motifs is 1. The molecule has 0 atom stereocenters. The van der Waals surface area contributed by atoms with Gasteiger partial charge in [0.05, 0.1) is 21.5 Å². The highest BCUT2D eigenvalue weighted by atomic mass is 32.1. The van der Waals surface area contributed by atoms with Gasteiger partial charge in [-0.2, -0.15) is 0 Å². The van der Waals surface area contributed by atoms with E-state index in [1.807, 2.05) is 13.0 Å². The lowest BCUT2D eigenvalue weighted by molar-refractivity contribution is 0.0698. The van der Waals surface area contributed by atoms with Crippen molar-refractivity contribution in [3.05, 3.63) is 52.4 Å². The monoisotopic (exact) mass is 305 g/mol. The molecule has 1 N–H and O–H groups in total. The van der Waals surface area contributed by atoms with Gasteiger partial charge in [0.1, 0.15) is 17.2 Å². The Balaban J connectivity index is 2.40. The Morgan fingerprint density at radius 3 is 2.52 bits per heavy atom. The van der Waals surface area contributed by atoms with Crippen LogP contribution in [-0.4, -0.2) is 16.1 Å². The summed E-state index contributed by atoms with van der Waals surface area (Å²) in [4.78, 5) is 17.2. The zero-order valence-corrected chi connectivity index (χ0v) is 11.7. The van der Waals surface area contributed by atoms with Crippen LogP contribution in [0.15, 0.2) is 30.3 Å². The molecule has 0 radical (unpaired) electrons. The first-order valence-electron chi connectivity index (χ1n) is 6.06. The second-order valence-electron chi connectivity index (χ2n) is 4.52. The molecular formula is C15H9F2NO2S. The predicted octanol–water partition coefficient (Wildman–Crippen LogP) is 4.25. The van der Waals surface area contributed by atoms with Gasteiger partial charge in [-0.15, -0.1) is 11.3 Å². The largest absolute Gasteiger partial charge is 0.478 e. The lowest BCUT2D eigenvalue weighted by Gasteiger charge is -2.07. The van der Waals surface area contributed by atoms with Gasteiger partial charge >= 0.3 is 5.97 Å². The number of hydrogen-bond donors (Lipinski definition) is 1. The van der Waals surface area contributed by atoms with Crippen molar-refractivity contribution >= 4 is 28.2 Å². The van der Waals surface area contributed by atoms with Crippen LogP contribution in [0.3, 0.4) is 0 Å². The van der Waals surface area contributed by atoms with E-state index in [1.165, 1.54) is 17.4 Å². The van der Waals surface area contributed by atoms with Crippen molar-refractivity contribution in [1.29, 1.82) is 0 Å². The number of hydrogen-bond acceptors (Lipinski definition) is 3. The molecule has 106 valence electrons. The fraction of sp³-hybridized carbons (Fsp3) is 0.0667. The Morgan fingerprint density at radius 2 is 1.90 bits per heavy atom. The highest BCUT2D eigenvalue weighted by Crippen LogP contribution is 2.31. The average molecular weight is 305 g/mol. The Kier molecular flexibility index (Phi) is 3.17. The van der Waals surface area contributed by atoms with Crippen molar-refractivity contribution in [1.82, 2.24) is 4.98 Å². The van der Waals surface area contributed by atoms with E-state index in [9.17, 15) is 18.7 Å². The summed E-state index contributed by atoms with van der Waals surface area (Å²) in [5.74, 6) is -2.87. The van der Waals surface area contributed by atoms with Crippen molar-refractivity contribution in [3.8, 4) is 10.6 Å². The fourth-order valence-corrected chi connectivity index (χ4v) is 2.96. The maximum Gasteiger partial charge on any atom is 0.336 e. The lowest BCUT2D eigenvalue weighted by Crippen LogP contribution is -2.03. The van der Waals surface area contributed by atoms with Crippen molar-refractivity contribution in [2.75, 3.05) is 0 Å². The van der Waals surface area contributed by atoms with Crippen molar-refractivity contribution in [2.24, 2.45) is 0 Å². The quantitative estimate of drug-likeness (QED) is 0.770. The summed E-state index contributed by atoms with van der Waals surface area (Å²) in [6.07, 6.45) is 0. The van der Waals surface area contributed by atoms with Gasteiger partial charge in [-0.3, -0.25) is 0 Å². The zero-order chi connectivity index (χ0) is 15.1. The predicted molar refractivity (Wildman–Crippen MR) is 76.7 cm³/mol. The van der Waals surface area contributed by atoms with Gasteiger partial charge in [-0.25, -0.2) is 18.6 Å². The molecule has 0 spiro atoms. The number of nitrogens with zero attached hydrogens (tertiary/aromatic N) is 1. The molecule has 2 heterocycles. The molecule has 0 bridgehead atoms. The minimum absolute atomic E-state index is 0.268. The molecule has 1 aromatic carbocycles. The summed E-state index contributed by atoms with van der Waals surface area (Å²) in [7, 11) is 0. The molecule has 0 amide bonds. The third-order valence-corrected chi connectivity index (χ3v) is 4.11. The molecule has 21 heavy (non-hydrogen) atoms. The fourth-order valence-electron chi connectivity index (χ4n) is 2.14. The first kappa shape index (κ1) is 13.6. The van der Waals surface area contributed by atoms with Crippen LogP contribution in [0.4, 0.5) is 8.78 Å². The maximum absolute atomic E-state index is 13.9. The number of carboxylic acid groups (broad SMARTS) is 1. The van der Waals surface area contributed by atoms with Crippen molar-refractivity contribution < 1.29 is 18.7 Å². The topological polar surface area (TPSA) is 50.2 Å². The molecule has 0 saturated carbocycles. The summed E-state index contributed by atoms with van der Waals surface area (Å²) in [6.45, 7) is 1.90. The molecule has 0 aliphatic heterocycles. The van der Waals surface area contributed by atoms with E-state index in [4.69, 9.17) is 0 Å². The second-order valence-corrected chi connectivity index (χ2v) is 5.81. The maximum atomic E-state index is 13.9. The van der Waals surface area contributed by atoms with Gasteiger partial charge in [0.25, 0.3) is 0 Å². The Morgan fingerprint density at radius 1 is 1.19 bits per heavy atom. The Hall–Kier alpha value is -2.34. The summed E-state index contributed by atoms with van der Waals surface area (Å²) in [6, 6.07) is 6.75. The van der Waals surface area contributed by atoms with Crippen LogP contribution in [0.2, 0.25) is 0 Å². The normalized spacial score (nSPS) is 11.0. The highest BCUT2D eigenvalue weighted by molar-refractivity contribution is 7.15. The van der Waals surface area contributed by atoms with Crippen LogP contribution in [0.1, 0.15) is 15.2 Å². The van der Waals surface area contributed by atoms with Gasteiger partial charge in [0, 0.05) is 4.88 Å². The van der Waals surface area contributed by atoms with Gasteiger partial charge < -0.3 is 5.11 Å². The highest BCUT2D eigenvalue weighted by Gasteiger charge is 2.19. The number of thiophene rings is 1. The molecule has 0 aliphatic carbocycles. The zero-order valence-electron chi connectivity index (χ0n) is 10.9. The molecule has 0 fully saturated rings. The SMILES string of the molecule is Cc1ccc(-c2cc(C(=O)O)c3c(F)ccc(F)c3n2)s1. The van der Waals surface area contributed by atoms with E-state index < -0.39 is 17.6 Å². The second kappa shape index (κ2) is 4.89. The third kappa shape index (κ3) is 2.27. The van der Waals surface area contributed by atoms with E-state index in [1.54, 1.807) is 6.07 Å². The first-order chi connectivity index (χ1) is 9.97. The number of aryl methyl sites for hydroxylation is 1. The van der Waals surface area contributed by atoms with Crippen LogP contribution in [0, 0.1) is 18.6 Å². The minimum Gasteiger partial charge on any atom is -0.478 e. The molecule has 0 aliphatic rings. The van der Waals surface area contributed by atoms with Crippen molar-refractivity contribution in [2.45, 2.75) is 6.92 Å². The molecule has 2 aromatic heterocycles. The molecule has 6 heteroatoms. The summed E-state index contributed by atoms with van der Waals surface area (Å²) in [5, 5.41) is 8.96. The number of rotatable bonds is 2. The van der Waals surface area contributed by atoms with Gasteiger partial charge in [-0.05, 0) is 37.3 Å². The standard InChI is InChI=1S/C15H9F2NO2S/c1-7-2-5-12(21-7)11-6-8(15(19)20)13-9(16)3-4-10(17)14(13)18-11/h2-6H,1H3,(H,19,20). The smallest absolute Gasteiger partial charge is 0.336 e. The van der Waals surface area contributed by atoms with Crippen molar-refractivity contribution in [3.63, 3.8) is 0 Å². The Labute approximate surface area is 122 Å². The molecule has 3 rings (SSSR count). The van der Waals surface area contributed by atoms with Crippen LogP contribution in [-0.2, 0) is 0 Å². The van der Waals surface area contributed by atoms with E-state index in [-0.39, 0.29) is 16.5 Å². The number of halogens is 2. The molecule has 3 nitrogen and oxygen atoms in total. The van der Waals surface area contributed by atoms with Crippen LogP contribution < -0.4 is 0 Å². The molecule has 0 saturated heterocycles. The van der Waals surface area contributed by atoms with E-state index in [0.29, 0.717) is 10.6 Å². The van der Waals surface area contributed by atoms with Gasteiger partial charge in [0.2, 0.25) is 0 Å². The lowest BCUT2D eigenvalue weighted by atomic mass is 10.1. The van der Waals surface area contributed by atoms with E-state index in [2.05, 4.69) is 4.98 Å².